The van der Waals surface area contributed by atoms with Gasteiger partial charge < -0.3 is 14.9 Å². The Morgan fingerprint density at radius 2 is 1.39 bits per heavy atom. The Balaban J connectivity index is 1.40. The summed E-state index contributed by atoms with van der Waals surface area (Å²) in [7, 11) is 0. The van der Waals surface area contributed by atoms with Crippen LogP contribution >= 0.6 is 0 Å². The molecule has 6 rings (SSSR count). The molecule has 1 heterocycles. The van der Waals surface area contributed by atoms with E-state index >= 15 is 0 Å². The molecule has 0 bridgehead atoms. The molecule has 3 heteroatoms. The van der Waals surface area contributed by atoms with Gasteiger partial charge in [0.2, 0.25) is 0 Å². The molecule has 5 aliphatic carbocycles. The molecule has 13 unspecified atom stereocenters. The van der Waals surface area contributed by atoms with Crippen molar-refractivity contribution in [3.8, 4) is 0 Å². The molecule has 6 fully saturated rings. The summed E-state index contributed by atoms with van der Waals surface area (Å²) in [6, 6.07) is 0. The second-order valence-corrected chi connectivity index (χ2v) is 15.5. The van der Waals surface area contributed by atoms with Gasteiger partial charge in [-0.25, -0.2) is 0 Å². The van der Waals surface area contributed by atoms with E-state index in [-0.39, 0.29) is 34.7 Å². The summed E-state index contributed by atoms with van der Waals surface area (Å²) < 4.78 is 6.24. The highest BCUT2D eigenvalue weighted by atomic mass is 16.6. The number of ether oxygens (including phenoxy) is 1. The fraction of sp³-hybridized carbons (Fsp3) is 1.00. The molecule has 1 aliphatic heterocycles. The zero-order valence-corrected chi connectivity index (χ0v) is 22.6. The molecule has 6 aliphatic rings. The third-order valence-electron chi connectivity index (χ3n) is 14.6. The van der Waals surface area contributed by atoms with Crippen LogP contribution in [0.4, 0.5) is 0 Å². The van der Waals surface area contributed by atoms with Gasteiger partial charge in [0.1, 0.15) is 6.10 Å². The lowest BCUT2D eigenvalue weighted by atomic mass is 9.31. The predicted octanol–water partition coefficient (Wildman–Crippen LogP) is 6.21. The van der Waals surface area contributed by atoms with Crippen LogP contribution in [0.25, 0.3) is 0 Å². The molecule has 2 N–H and O–H groups in total. The molecule has 1 saturated heterocycles. The van der Waals surface area contributed by atoms with Gasteiger partial charge in [0, 0.05) is 0 Å². The van der Waals surface area contributed by atoms with Gasteiger partial charge in [-0.15, -0.1) is 0 Å². The number of hydrogen-bond donors (Lipinski definition) is 2. The van der Waals surface area contributed by atoms with Gasteiger partial charge in [-0.1, -0.05) is 48.5 Å². The molecule has 0 aromatic rings. The first-order chi connectivity index (χ1) is 15.2. The standard InChI is InChI=1S/C30H50O3/c1-17-22-18-9-10-20-26(4)13-12-21(31)25(2,3)19(26)11-14-29(20,7)28(18,6)16-15-27(22,5)23(32)24-30(17,8)33-24/h17-24,31-32H,9-16H2,1-8H3. The van der Waals surface area contributed by atoms with Crippen molar-refractivity contribution in [3.05, 3.63) is 0 Å². The quantitative estimate of drug-likeness (QED) is 0.425. The Bertz CT molecular complexity index is 853. The van der Waals surface area contributed by atoms with Gasteiger partial charge >= 0.3 is 0 Å². The Hall–Kier alpha value is -0.120. The molecule has 5 saturated carbocycles. The van der Waals surface area contributed by atoms with Crippen molar-refractivity contribution in [3.63, 3.8) is 0 Å². The van der Waals surface area contributed by atoms with E-state index in [1.54, 1.807) is 0 Å². The molecule has 0 aromatic heterocycles. The van der Waals surface area contributed by atoms with Crippen LogP contribution in [0.3, 0.4) is 0 Å². The predicted molar refractivity (Wildman–Crippen MR) is 132 cm³/mol. The average Bonchev–Trinajstić information content (AvgIpc) is 3.44. The van der Waals surface area contributed by atoms with Crippen molar-refractivity contribution in [2.45, 2.75) is 131 Å². The van der Waals surface area contributed by atoms with Gasteiger partial charge in [-0.05, 0) is 115 Å². The fourth-order valence-corrected chi connectivity index (χ4v) is 12.1. The third kappa shape index (κ3) is 2.45. The lowest BCUT2D eigenvalue weighted by molar-refractivity contribution is -0.262. The summed E-state index contributed by atoms with van der Waals surface area (Å²) in [5.74, 6) is 3.09. The largest absolute Gasteiger partial charge is 0.393 e. The Morgan fingerprint density at radius 3 is 2.09 bits per heavy atom. The highest BCUT2D eigenvalue weighted by Gasteiger charge is 2.76. The third-order valence-corrected chi connectivity index (χ3v) is 14.6. The lowest BCUT2D eigenvalue weighted by Crippen LogP contribution is -2.69. The van der Waals surface area contributed by atoms with Gasteiger partial charge in [0.05, 0.1) is 17.8 Å². The maximum atomic E-state index is 11.5. The van der Waals surface area contributed by atoms with E-state index in [0.29, 0.717) is 39.9 Å². The van der Waals surface area contributed by atoms with E-state index < -0.39 is 0 Å². The van der Waals surface area contributed by atoms with Crippen LogP contribution in [-0.2, 0) is 4.74 Å². The van der Waals surface area contributed by atoms with Crippen molar-refractivity contribution in [1.29, 1.82) is 0 Å². The Labute approximate surface area is 202 Å². The summed E-state index contributed by atoms with van der Waals surface area (Å²) >= 11 is 0. The SMILES string of the molecule is CC1C2C3CCC4C5(C)CCC(O)C(C)(C)C5CCC4(C)C3(C)CCC2(C)C(O)C2OC12C. The second kappa shape index (κ2) is 6.41. The van der Waals surface area contributed by atoms with Crippen LogP contribution in [0.2, 0.25) is 0 Å². The zero-order valence-electron chi connectivity index (χ0n) is 22.6. The number of aliphatic hydroxyl groups excluding tert-OH is 2. The average molecular weight is 459 g/mol. The van der Waals surface area contributed by atoms with E-state index in [2.05, 4.69) is 55.4 Å². The van der Waals surface area contributed by atoms with E-state index in [1.165, 1.54) is 38.5 Å². The molecule has 188 valence electrons. The monoisotopic (exact) mass is 458 g/mol. The van der Waals surface area contributed by atoms with Crippen LogP contribution in [0.5, 0.6) is 0 Å². The normalized spacial score (nSPS) is 65.6. The summed E-state index contributed by atoms with van der Waals surface area (Å²) in [5, 5.41) is 22.4. The van der Waals surface area contributed by atoms with E-state index in [4.69, 9.17) is 4.74 Å². The van der Waals surface area contributed by atoms with Gasteiger partial charge in [-0.3, -0.25) is 0 Å². The smallest absolute Gasteiger partial charge is 0.114 e. The fourth-order valence-electron chi connectivity index (χ4n) is 12.1. The van der Waals surface area contributed by atoms with Gasteiger partial charge in [0.25, 0.3) is 0 Å². The van der Waals surface area contributed by atoms with Gasteiger partial charge in [-0.2, -0.15) is 0 Å². The highest BCUT2D eigenvalue weighted by Crippen LogP contribution is 2.78. The molecule has 0 aromatic carbocycles. The van der Waals surface area contributed by atoms with Crippen molar-refractivity contribution in [1.82, 2.24) is 0 Å². The lowest BCUT2D eigenvalue weighted by Gasteiger charge is -2.74. The summed E-state index contributed by atoms with van der Waals surface area (Å²) in [5.41, 5.74) is 0.886. The second-order valence-electron chi connectivity index (χ2n) is 15.5. The highest BCUT2D eigenvalue weighted by molar-refractivity contribution is 5.24. The van der Waals surface area contributed by atoms with Crippen LogP contribution in [0.1, 0.15) is 107 Å². The summed E-state index contributed by atoms with van der Waals surface area (Å²) in [6.45, 7) is 19.8. The van der Waals surface area contributed by atoms with Crippen molar-refractivity contribution in [2.24, 2.45) is 56.7 Å². The molecular formula is C30H50O3. The maximum absolute atomic E-state index is 11.5. The van der Waals surface area contributed by atoms with Crippen LogP contribution in [-0.4, -0.2) is 34.1 Å². The molecule has 13 atom stereocenters. The van der Waals surface area contributed by atoms with Crippen molar-refractivity contribution in [2.75, 3.05) is 0 Å². The van der Waals surface area contributed by atoms with Gasteiger partial charge in [0.15, 0.2) is 0 Å². The first kappa shape index (κ1) is 23.3. The van der Waals surface area contributed by atoms with Crippen LogP contribution in [0.15, 0.2) is 0 Å². The summed E-state index contributed by atoms with van der Waals surface area (Å²) in [6.07, 6.45) is 9.32. The number of epoxide rings is 1. The minimum atomic E-state index is -0.312. The van der Waals surface area contributed by atoms with E-state index in [9.17, 15) is 10.2 Å². The molecule has 3 nitrogen and oxygen atoms in total. The zero-order chi connectivity index (χ0) is 24.0. The Morgan fingerprint density at radius 1 is 0.697 bits per heavy atom. The molecule has 0 amide bonds. The van der Waals surface area contributed by atoms with Crippen LogP contribution < -0.4 is 0 Å². The maximum Gasteiger partial charge on any atom is 0.114 e. The molecule has 0 radical (unpaired) electrons. The first-order valence-electron chi connectivity index (χ1n) is 14.2. The first-order valence-corrected chi connectivity index (χ1v) is 14.2. The number of rotatable bonds is 0. The van der Waals surface area contributed by atoms with Crippen LogP contribution in [0, 0.1) is 56.7 Å². The molecule has 0 spiro atoms. The minimum Gasteiger partial charge on any atom is -0.393 e. The topological polar surface area (TPSA) is 53.0 Å². The minimum absolute atomic E-state index is 0.00842. The molecular weight excluding hydrogens is 408 g/mol. The van der Waals surface area contributed by atoms with Crippen molar-refractivity contribution < 1.29 is 14.9 Å². The Kier molecular flexibility index (Phi) is 4.52. The number of aliphatic hydroxyl groups is 2. The summed E-state index contributed by atoms with van der Waals surface area (Å²) in [4.78, 5) is 0. The van der Waals surface area contributed by atoms with Crippen molar-refractivity contribution >= 4 is 0 Å². The van der Waals surface area contributed by atoms with E-state index in [1.807, 2.05) is 0 Å². The number of hydrogen-bond acceptors (Lipinski definition) is 3. The van der Waals surface area contributed by atoms with E-state index in [0.717, 1.165) is 18.8 Å². The molecule has 33 heavy (non-hydrogen) atoms. The number of fused-ring (bicyclic) bond motifs is 8.